The lowest BCUT2D eigenvalue weighted by Crippen LogP contribution is -2.50. The number of hydrogen-bond donors (Lipinski definition) is 0. The van der Waals surface area contributed by atoms with E-state index in [2.05, 4.69) is 10.1 Å². The number of fused-ring (bicyclic) bond motifs is 1. The highest BCUT2D eigenvalue weighted by Crippen LogP contribution is 2.37. The molecular formula is C14H23N5O3S. The van der Waals surface area contributed by atoms with Gasteiger partial charge in [-0.1, -0.05) is 0 Å². The van der Waals surface area contributed by atoms with Crippen LogP contribution < -0.4 is 0 Å². The summed E-state index contributed by atoms with van der Waals surface area (Å²) in [5.41, 5.74) is 0. The normalized spacial score (nSPS) is 28.8. The van der Waals surface area contributed by atoms with Crippen LogP contribution >= 0.6 is 0 Å². The summed E-state index contributed by atoms with van der Waals surface area (Å²) in [6, 6.07) is 0.179. The lowest BCUT2D eigenvalue weighted by Gasteiger charge is -2.37. The second kappa shape index (κ2) is 6.20. The van der Waals surface area contributed by atoms with Gasteiger partial charge in [0.1, 0.15) is 12.7 Å². The molecule has 2 aliphatic rings. The Morgan fingerprint density at radius 3 is 2.78 bits per heavy atom. The monoisotopic (exact) mass is 341 g/mol. The SMILES string of the molecule is CCS(=O)(=O)N1CC[C@H]2[C@H](C[C@@H](Cn3cncn3)N2C(C)=O)C1. The van der Waals surface area contributed by atoms with Gasteiger partial charge in [0.2, 0.25) is 15.9 Å². The summed E-state index contributed by atoms with van der Waals surface area (Å²) in [4.78, 5) is 18.0. The molecule has 3 rings (SSSR count). The van der Waals surface area contributed by atoms with Gasteiger partial charge in [-0.25, -0.2) is 17.7 Å². The first kappa shape index (κ1) is 16.4. The molecule has 2 fully saturated rings. The molecule has 0 unspecified atom stereocenters. The van der Waals surface area contributed by atoms with Crippen molar-refractivity contribution < 1.29 is 13.2 Å². The first-order valence-corrected chi connectivity index (χ1v) is 9.62. The van der Waals surface area contributed by atoms with Crippen molar-refractivity contribution in [2.24, 2.45) is 5.92 Å². The molecule has 2 aliphatic heterocycles. The van der Waals surface area contributed by atoms with Gasteiger partial charge in [0.25, 0.3) is 0 Å². The zero-order valence-electron chi connectivity index (χ0n) is 13.5. The molecule has 0 radical (unpaired) electrons. The summed E-state index contributed by atoms with van der Waals surface area (Å²) >= 11 is 0. The Bertz CT molecular complexity index is 660. The summed E-state index contributed by atoms with van der Waals surface area (Å²) < 4.78 is 27.6. The van der Waals surface area contributed by atoms with Crippen LogP contribution in [0.1, 0.15) is 26.7 Å². The fourth-order valence-corrected chi connectivity index (χ4v) is 5.12. The topological polar surface area (TPSA) is 88.4 Å². The van der Waals surface area contributed by atoms with Crippen LogP contribution in [0, 0.1) is 5.92 Å². The van der Waals surface area contributed by atoms with Crippen LogP contribution in [0.4, 0.5) is 0 Å². The maximum absolute atomic E-state index is 12.1. The lowest BCUT2D eigenvalue weighted by atomic mass is 9.93. The van der Waals surface area contributed by atoms with Gasteiger partial charge < -0.3 is 4.90 Å². The van der Waals surface area contributed by atoms with Crippen molar-refractivity contribution in [1.82, 2.24) is 24.0 Å². The highest BCUT2D eigenvalue weighted by atomic mass is 32.2. The molecule has 3 heterocycles. The smallest absolute Gasteiger partial charge is 0.220 e. The van der Waals surface area contributed by atoms with Crippen LogP contribution in [-0.2, 0) is 21.4 Å². The molecule has 23 heavy (non-hydrogen) atoms. The standard InChI is InChI=1S/C14H23N5O3S/c1-3-23(21,22)18-5-4-14-12(7-18)6-13(19(14)11(2)20)8-17-10-15-9-16-17/h9-10,12-14H,3-8H2,1-2H3/t12-,13+,14+/m1/s1. The molecular weight excluding hydrogens is 318 g/mol. The minimum atomic E-state index is -3.16. The van der Waals surface area contributed by atoms with Gasteiger partial charge in [0.05, 0.1) is 18.3 Å². The molecule has 0 aliphatic carbocycles. The summed E-state index contributed by atoms with van der Waals surface area (Å²) in [6.45, 7) is 4.88. The predicted molar refractivity (Wildman–Crippen MR) is 83.9 cm³/mol. The molecule has 8 nitrogen and oxygen atoms in total. The second-order valence-corrected chi connectivity index (χ2v) is 8.57. The van der Waals surface area contributed by atoms with Gasteiger partial charge in [-0.3, -0.25) is 9.48 Å². The van der Waals surface area contributed by atoms with E-state index in [1.54, 1.807) is 29.2 Å². The second-order valence-electron chi connectivity index (χ2n) is 6.31. The van der Waals surface area contributed by atoms with Gasteiger partial charge in [-0.05, 0) is 25.7 Å². The molecule has 1 aromatic rings. The van der Waals surface area contributed by atoms with Gasteiger partial charge >= 0.3 is 0 Å². The van der Waals surface area contributed by atoms with Gasteiger partial charge in [-0.2, -0.15) is 5.10 Å². The van der Waals surface area contributed by atoms with Gasteiger partial charge in [-0.15, -0.1) is 0 Å². The number of carbonyl (C=O) groups excluding carboxylic acids is 1. The third kappa shape index (κ3) is 3.12. The largest absolute Gasteiger partial charge is 0.335 e. The Kier molecular flexibility index (Phi) is 4.41. The Morgan fingerprint density at radius 2 is 2.17 bits per heavy atom. The summed E-state index contributed by atoms with van der Waals surface area (Å²) in [5, 5.41) is 4.12. The van der Waals surface area contributed by atoms with E-state index >= 15 is 0 Å². The van der Waals surface area contributed by atoms with Crippen LogP contribution in [0.25, 0.3) is 0 Å². The van der Waals surface area contributed by atoms with E-state index in [1.165, 1.54) is 6.33 Å². The van der Waals surface area contributed by atoms with Crippen molar-refractivity contribution in [1.29, 1.82) is 0 Å². The average Bonchev–Trinajstić information content (AvgIpc) is 3.13. The van der Waals surface area contributed by atoms with Crippen LogP contribution in [0.2, 0.25) is 0 Å². The third-order valence-corrected chi connectivity index (χ3v) is 6.82. The number of likely N-dealkylation sites (tertiary alicyclic amines) is 1. The fraction of sp³-hybridized carbons (Fsp3) is 0.786. The molecule has 9 heteroatoms. The van der Waals surface area contributed by atoms with Crippen molar-refractivity contribution in [3.05, 3.63) is 12.7 Å². The maximum Gasteiger partial charge on any atom is 0.220 e. The van der Waals surface area contributed by atoms with E-state index in [0.29, 0.717) is 26.1 Å². The van der Waals surface area contributed by atoms with Crippen LogP contribution in [0.5, 0.6) is 0 Å². The summed E-state index contributed by atoms with van der Waals surface area (Å²) in [7, 11) is -3.16. The van der Waals surface area contributed by atoms with Crippen molar-refractivity contribution >= 4 is 15.9 Å². The number of sulfonamides is 1. The fourth-order valence-electron chi connectivity index (χ4n) is 3.95. The van der Waals surface area contributed by atoms with Crippen LogP contribution in [-0.4, -0.2) is 69.2 Å². The first-order valence-electron chi connectivity index (χ1n) is 8.01. The number of carbonyl (C=O) groups is 1. The number of aromatic nitrogens is 3. The highest BCUT2D eigenvalue weighted by Gasteiger charge is 2.46. The van der Waals surface area contributed by atoms with E-state index in [9.17, 15) is 13.2 Å². The van der Waals surface area contributed by atoms with E-state index in [0.717, 1.165) is 6.42 Å². The summed E-state index contributed by atoms with van der Waals surface area (Å²) in [6.07, 6.45) is 4.64. The average molecular weight is 341 g/mol. The molecule has 0 bridgehead atoms. The molecule has 3 atom stereocenters. The molecule has 2 saturated heterocycles. The maximum atomic E-state index is 12.1. The zero-order chi connectivity index (χ0) is 16.6. The van der Waals surface area contributed by atoms with Crippen LogP contribution in [0.3, 0.4) is 0 Å². The first-order chi connectivity index (χ1) is 10.9. The van der Waals surface area contributed by atoms with Gasteiger partial charge in [0, 0.05) is 26.1 Å². The molecule has 128 valence electrons. The van der Waals surface area contributed by atoms with E-state index in [-0.39, 0.29) is 29.7 Å². The zero-order valence-corrected chi connectivity index (χ0v) is 14.3. The predicted octanol–water partition coefficient (Wildman–Crippen LogP) is -0.0609. The van der Waals surface area contributed by atoms with E-state index in [1.807, 2.05) is 4.90 Å². The number of hydrogen-bond acceptors (Lipinski definition) is 5. The van der Waals surface area contributed by atoms with Crippen molar-refractivity contribution in [2.75, 3.05) is 18.8 Å². The Morgan fingerprint density at radius 1 is 1.39 bits per heavy atom. The lowest BCUT2D eigenvalue weighted by molar-refractivity contribution is -0.132. The van der Waals surface area contributed by atoms with E-state index in [4.69, 9.17) is 0 Å². The molecule has 1 amide bonds. The quantitative estimate of drug-likeness (QED) is 0.765. The van der Waals surface area contributed by atoms with Crippen molar-refractivity contribution in [2.45, 2.75) is 45.3 Å². The number of nitrogens with zero attached hydrogens (tertiary/aromatic N) is 5. The summed E-state index contributed by atoms with van der Waals surface area (Å²) in [5.74, 6) is 0.375. The van der Waals surface area contributed by atoms with Crippen molar-refractivity contribution in [3.63, 3.8) is 0 Å². The van der Waals surface area contributed by atoms with Crippen molar-refractivity contribution in [3.8, 4) is 0 Å². The Balaban J connectivity index is 1.77. The minimum absolute atomic E-state index is 0.0495. The molecule has 0 saturated carbocycles. The third-order valence-electron chi connectivity index (χ3n) is 4.97. The van der Waals surface area contributed by atoms with Crippen LogP contribution in [0.15, 0.2) is 12.7 Å². The Hall–Kier alpha value is -1.48. The number of rotatable bonds is 4. The number of amides is 1. The molecule has 0 spiro atoms. The molecule has 0 aromatic carbocycles. The van der Waals surface area contributed by atoms with Gasteiger partial charge in [0.15, 0.2) is 0 Å². The number of piperidine rings is 1. The highest BCUT2D eigenvalue weighted by molar-refractivity contribution is 7.89. The molecule has 1 aromatic heterocycles. The molecule has 0 N–H and O–H groups in total. The van der Waals surface area contributed by atoms with E-state index < -0.39 is 10.0 Å². The minimum Gasteiger partial charge on any atom is -0.335 e. The Labute approximate surface area is 136 Å².